The van der Waals surface area contributed by atoms with E-state index in [1.54, 1.807) is 0 Å². The number of nitrogens with two attached hydrogens (primary N) is 1. The van der Waals surface area contributed by atoms with Crippen LogP contribution in [0.4, 0.5) is 0 Å². The Morgan fingerprint density at radius 1 is 1.67 bits per heavy atom. The predicted octanol–water partition coefficient (Wildman–Crippen LogP) is 0.723. The molecule has 0 amide bonds. The molecular weight excluding hydrogens is 112 g/mol. The third-order valence-corrected chi connectivity index (χ3v) is 1.31. The second kappa shape index (κ2) is 6.05. The molecule has 1 rings (SSSR count). The van der Waals surface area contributed by atoms with Crippen LogP contribution in [0.15, 0.2) is 0 Å². The summed E-state index contributed by atoms with van der Waals surface area (Å²) in [5.74, 6) is 0. The fraction of sp³-hybridized carbons (Fsp3) is 1.00. The van der Waals surface area contributed by atoms with Crippen LogP contribution in [0, 0.1) is 0 Å². The molecule has 0 aromatic heterocycles. The molecule has 0 aromatic rings. The normalized spacial score (nSPS) is 25.0. The van der Waals surface area contributed by atoms with Crippen LogP contribution in [-0.4, -0.2) is 19.1 Å². The van der Waals surface area contributed by atoms with E-state index in [0.717, 1.165) is 12.6 Å². The maximum absolute atomic E-state index is 4.85. The van der Waals surface area contributed by atoms with Gasteiger partial charge in [0.1, 0.15) is 0 Å². The van der Waals surface area contributed by atoms with Crippen molar-refractivity contribution in [1.29, 1.82) is 0 Å². The molecule has 0 aromatic carbocycles. The molecular formula is C7H18N2. The van der Waals surface area contributed by atoms with Crippen molar-refractivity contribution >= 4 is 0 Å². The summed E-state index contributed by atoms with van der Waals surface area (Å²) in [5.41, 5.74) is 4.85. The molecule has 1 aliphatic heterocycles. The van der Waals surface area contributed by atoms with Gasteiger partial charge in [-0.3, -0.25) is 0 Å². The smallest absolute Gasteiger partial charge is 0.00391 e. The van der Waals surface area contributed by atoms with E-state index >= 15 is 0 Å². The van der Waals surface area contributed by atoms with Gasteiger partial charge in [-0.15, -0.1) is 0 Å². The number of hydrogen-bond acceptors (Lipinski definition) is 2. The van der Waals surface area contributed by atoms with E-state index in [4.69, 9.17) is 5.73 Å². The van der Waals surface area contributed by atoms with E-state index in [-0.39, 0.29) is 0 Å². The van der Waals surface area contributed by atoms with E-state index in [9.17, 15) is 0 Å². The van der Waals surface area contributed by atoms with Gasteiger partial charge in [-0.2, -0.15) is 0 Å². The second-order valence-electron chi connectivity index (χ2n) is 2.41. The molecule has 0 radical (unpaired) electrons. The standard InChI is InChI=1S/C5H11N.C2H7N/c1-5-3-2-4-6-5;1-2-3/h5-6H,2-4H2,1H3;2-3H2,1H3. The topological polar surface area (TPSA) is 38.0 Å². The first-order chi connectivity index (χ1) is 4.31. The van der Waals surface area contributed by atoms with Crippen molar-refractivity contribution in [3.8, 4) is 0 Å². The Kier molecular flexibility index (Phi) is 5.99. The van der Waals surface area contributed by atoms with Crippen LogP contribution in [0.5, 0.6) is 0 Å². The number of nitrogens with one attached hydrogen (secondary N) is 1. The molecule has 1 fully saturated rings. The Labute approximate surface area is 57.8 Å². The second-order valence-corrected chi connectivity index (χ2v) is 2.41. The van der Waals surface area contributed by atoms with Crippen LogP contribution in [-0.2, 0) is 0 Å². The zero-order valence-electron chi connectivity index (χ0n) is 6.48. The zero-order valence-corrected chi connectivity index (χ0v) is 6.48. The van der Waals surface area contributed by atoms with Crippen LogP contribution in [0.2, 0.25) is 0 Å². The van der Waals surface area contributed by atoms with Crippen LogP contribution < -0.4 is 11.1 Å². The van der Waals surface area contributed by atoms with Crippen molar-refractivity contribution in [3.63, 3.8) is 0 Å². The molecule has 56 valence electrons. The van der Waals surface area contributed by atoms with Crippen molar-refractivity contribution in [1.82, 2.24) is 5.32 Å². The molecule has 0 aliphatic carbocycles. The molecule has 1 unspecified atom stereocenters. The van der Waals surface area contributed by atoms with Crippen molar-refractivity contribution in [2.75, 3.05) is 13.1 Å². The third kappa shape index (κ3) is 5.80. The first-order valence-electron chi connectivity index (χ1n) is 3.74. The summed E-state index contributed by atoms with van der Waals surface area (Å²) in [6.45, 7) is 6.12. The van der Waals surface area contributed by atoms with Gasteiger partial charge in [0.2, 0.25) is 0 Å². The highest BCUT2D eigenvalue weighted by molar-refractivity contribution is 4.67. The average molecular weight is 130 g/mol. The van der Waals surface area contributed by atoms with Crippen molar-refractivity contribution in [3.05, 3.63) is 0 Å². The van der Waals surface area contributed by atoms with E-state index in [2.05, 4.69) is 12.2 Å². The van der Waals surface area contributed by atoms with Crippen LogP contribution >= 0.6 is 0 Å². The first kappa shape index (κ1) is 8.92. The summed E-state index contributed by atoms with van der Waals surface area (Å²) in [6, 6.07) is 0.796. The van der Waals surface area contributed by atoms with Crippen molar-refractivity contribution in [2.24, 2.45) is 5.73 Å². The molecule has 0 bridgehead atoms. The van der Waals surface area contributed by atoms with E-state index < -0.39 is 0 Å². The summed E-state index contributed by atoms with van der Waals surface area (Å²) >= 11 is 0. The SMILES string of the molecule is CC1CCCN1.CCN. The lowest BCUT2D eigenvalue weighted by Gasteiger charge is -1.95. The number of rotatable bonds is 0. The molecule has 3 N–H and O–H groups in total. The van der Waals surface area contributed by atoms with Crippen LogP contribution in [0.25, 0.3) is 0 Å². The van der Waals surface area contributed by atoms with Gasteiger partial charge >= 0.3 is 0 Å². The minimum absolute atomic E-state index is 0.750. The summed E-state index contributed by atoms with van der Waals surface area (Å²) < 4.78 is 0. The summed E-state index contributed by atoms with van der Waals surface area (Å²) in [6.07, 6.45) is 2.75. The lowest BCUT2D eigenvalue weighted by atomic mass is 10.3. The van der Waals surface area contributed by atoms with Gasteiger partial charge in [0.05, 0.1) is 0 Å². The highest BCUT2D eigenvalue weighted by Gasteiger charge is 2.05. The largest absolute Gasteiger partial charge is 0.331 e. The minimum Gasteiger partial charge on any atom is -0.331 e. The van der Waals surface area contributed by atoms with Gasteiger partial charge in [0, 0.05) is 6.04 Å². The van der Waals surface area contributed by atoms with E-state index in [0.29, 0.717) is 0 Å². The van der Waals surface area contributed by atoms with Gasteiger partial charge in [0.15, 0.2) is 0 Å². The Morgan fingerprint density at radius 3 is 2.33 bits per heavy atom. The Bertz CT molecular complexity index is 48.9. The van der Waals surface area contributed by atoms with Crippen LogP contribution in [0.3, 0.4) is 0 Å². The van der Waals surface area contributed by atoms with Gasteiger partial charge in [-0.05, 0) is 32.9 Å². The van der Waals surface area contributed by atoms with E-state index in [1.165, 1.54) is 19.4 Å². The summed E-state index contributed by atoms with van der Waals surface area (Å²) in [4.78, 5) is 0. The maximum atomic E-state index is 4.85. The van der Waals surface area contributed by atoms with Crippen LogP contribution in [0.1, 0.15) is 26.7 Å². The molecule has 9 heavy (non-hydrogen) atoms. The van der Waals surface area contributed by atoms with Gasteiger partial charge in [-0.1, -0.05) is 6.92 Å². The first-order valence-corrected chi connectivity index (χ1v) is 3.74. The zero-order chi connectivity index (χ0) is 7.11. The highest BCUT2D eigenvalue weighted by Crippen LogP contribution is 2.01. The van der Waals surface area contributed by atoms with Crippen molar-refractivity contribution in [2.45, 2.75) is 32.7 Å². The third-order valence-electron chi connectivity index (χ3n) is 1.31. The average Bonchev–Trinajstić information content (AvgIpc) is 2.20. The van der Waals surface area contributed by atoms with Gasteiger partial charge in [-0.25, -0.2) is 0 Å². The lowest BCUT2D eigenvalue weighted by molar-refractivity contribution is 0.664. The molecule has 2 heteroatoms. The minimum atomic E-state index is 0.750. The molecule has 1 saturated heterocycles. The molecule has 1 atom stereocenters. The molecule has 0 saturated carbocycles. The quantitative estimate of drug-likeness (QED) is 0.507. The fourth-order valence-corrected chi connectivity index (χ4v) is 0.859. The molecule has 1 heterocycles. The lowest BCUT2D eigenvalue weighted by Crippen LogP contribution is -2.16. The Hall–Kier alpha value is -0.0800. The number of hydrogen-bond donors (Lipinski definition) is 2. The summed E-state index contributed by atoms with van der Waals surface area (Å²) in [7, 11) is 0. The highest BCUT2D eigenvalue weighted by atomic mass is 14.9. The molecule has 1 aliphatic rings. The molecule has 0 spiro atoms. The predicted molar refractivity (Wildman–Crippen MR) is 41.4 cm³/mol. The van der Waals surface area contributed by atoms with Gasteiger partial charge < -0.3 is 11.1 Å². The monoisotopic (exact) mass is 130 g/mol. The van der Waals surface area contributed by atoms with Gasteiger partial charge in [0.25, 0.3) is 0 Å². The maximum Gasteiger partial charge on any atom is 0.00391 e. The molecule has 2 nitrogen and oxygen atoms in total. The van der Waals surface area contributed by atoms with E-state index in [1.807, 2.05) is 6.92 Å². The Morgan fingerprint density at radius 2 is 2.22 bits per heavy atom. The summed E-state index contributed by atoms with van der Waals surface area (Å²) in [5, 5.41) is 3.32. The van der Waals surface area contributed by atoms with Crippen molar-refractivity contribution < 1.29 is 0 Å². The Balaban J connectivity index is 0.000000187. The fourth-order valence-electron chi connectivity index (χ4n) is 0.859.